The van der Waals surface area contributed by atoms with Gasteiger partial charge in [0.25, 0.3) is 0 Å². The van der Waals surface area contributed by atoms with Gasteiger partial charge in [0.05, 0.1) is 30.0 Å². The van der Waals surface area contributed by atoms with Gasteiger partial charge < -0.3 is 4.74 Å². The third-order valence-electron chi connectivity index (χ3n) is 3.10. The van der Waals surface area contributed by atoms with Crippen LogP contribution in [0.2, 0.25) is 0 Å². The predicted octanol–water partition coefficient (Wildman–Crippen LogP) is 2.28. The van der Waals surface area contributed by atoms with Crippen molar-refractivity contribution < 1.29 is 14.3 Å². The van der Waals surface area contributed by atoms with Crippen LogP contribution in [0.5, 0.6) is 0 Å². The van der Waals surface area contributed by atoms with Crippen LogP contribution in [0.4, 0.5) is 5.69 Å². The summed E-state index contributed by atoms with van der Waals surface area (Å²) in [6.45, 7) is 3.97. The van der Waals surface area contributed by atoms with Crippen LogP contribution in [0.25, 0.3) is 0 Å². The van der Waals surface area contributed by atoms with Crippen molar-refractivity contribution in [1.82, 2.24) is 0 Å². The zero-order chi connectivity index (χ0) is 15.4. The minimum Gasteiger partial charge on any atom is -0.466 e. The van der Waals surface area contributed by atoms with Crippen LogP contribution >= 0.6 is 11.8 Å². The third-order valence-corrected chi connectivity index (χ3v) is 4.34. The second-order valence-corrected chi connectivity index (χ2v) is 5.91. The van der Waals surface area contributed by atoms with Gasteiger partial charge >= 0.3 is 5.97 Å². The summed E-state index contributed by atoms with van der Waals surface area (Å²) in [5.74, 6) is -0.609. The molecule has 0 aromatic heterocycles. The van der Waals surface area contributed by atoms with E-state index in [4.69, 9.17) is 10.00 Å². The number of anilines is 1. The maximum atomic E-state index is 12.4. The fourth-order valence-electron chi connectivity index (χ4n) is 2.17. The minimum absolute atomic E-state index is 0.0191. The lowest BCUT2D eigenvalue weighted by Crippen LogP contribution is -2.42. The van der Waals surface area contributed by atoms with Gasteiger partial charge in [-0.2, -0.15) is 5.26 Å². The van der Waals surface area contributed by atoms with Gasteiger partial charge in [0.1, 0.15) is 6.54 Å². The Morgan fingerprint density at radius 1 is 1.52 bits per heavy atom. The molecule has 0 bridgehead atoms. The molecule has 1 aromatic carbocycles. The number of thioether (sulfide) groups is 1. The second kappa shape index (κ2) is 6.64. The second-order valence-electron chi connectivity index (χ2n) is 4.67. The Labute approximate surface area is 127 Å². The number of carbonyl (C=O) groups excluding carboxylic acids is 2. The van der Waals surface area contributed by atoms with E-state index in [1.165, 1.54) is 16.7 Å². The Balaban J connectivity index is 2.29. The normalized spacial score (nSPS) is 17.1. The van der Waals surface area contributed by atoms with Crippen molar-refractivity contribution in [3.63, 3.8) is 0 Å². The molecule has 0 saturated carbocycles. The Bertz CT molecular complexity index is 609. The number of ether oxygens (including phenoxy) is 1. The summed E-state index contributed by atoms with van der Waals surface area (Å²) in [7, 11) is 0. The molecule has 0 radical (unpaired) electrons. The smallest absolute Gasteiger partial charge is 0.307 e. The van der Waals surface area contributed by atoms with Gasteiger partial charge in [-0.05, 0) is 31.5 Å². The number of nitrogens with zero attached hydrogens (tertiary/aromatic N) is 2. The maximum absolute atomic E-state index is 12.4. The standard InChI is InChI=1S/C15H16N2O3S/c1-3-20-14(18)9-13-15(19)17(7-6-16)11-5-4-10(2)8-12(11)21-13/h4-5,8,13H,3,7,9H2,1-2H3. The minimum atomic E-state index is -0.535. The van der Waals surface area contributed by atoms with Crippen molar-refractivity contribution in [1.29, 1.82) is 5.26 Å². The zero-order valence-corrected chi connectivity index (χ0v) is 12.8. The molecule has 6 heteroatoms. The number of hydrogen-bond donors (Lipinski definition) is 0. The van der Waals surface area contributed by atoms with E-state index in [0.29, 0.717) is 6.61 Å². The SMILES string of the molecule is CCOC(=O)CC1Sc2cc(C)ccc2N(CC#N)C1=O. The average molecular weight is 304 g/mol. The van der Waals surface area contributed by atoms with Crippen LogP contribution < -0.4 is 4.90 Å². The van der Waals surface area contributed by atoms with E-state index in [1.807, 2.05) is 31.2 Å². The van der Waals surface area contributed by atoms with Crippen molar-refractivity contribution in [2.45, 2.75) is 30.4 Å². The number of rotatable bonds is 4. The molecule has 0 spiro atoms. The highest BCUT2D eigenvalue weighted by atomic mass is 32.2. The number of carbonyl (C=O) groups is 2. The van der Waals surface area contributed by atoms with Crippen LogP contribution in [0, 0.1) is 18.3 Å². The van der Waals surface area contributed by atoms with E-state index in [0.717, 1.165) is 16.1 Å². The molecule has 2 rings (SSSR count). The van der Waals surface area contributed by atoms with E-state index >= 15 is 0 Å². The number of benzene rings is 1. The molecular formula is C15H16N2O3S. The number of amides is 1. The first-order valence-electron chi connectivity index (χ1n) is 6.68. The average Bonchev–Trinajstić information content (AvgIpc) is 2.43. The molecule has 0 saturated heterocycles. The summed E-state index contributed by atoms with van der Waals surface area (Å²) in [5, 5.41) is 8.39. The predicted molar refractivity (Wildman–Crippen MR) is 80.0 cm³/mol. The molecular weight excluding hydrogens is 288 g/mol. The molecule has 0 N–H and O–H groups in total. The van der Waals surface area contributed by atoms with Gasteiger partial charge in [-0.1, -0.05) is 6.07 Å². The highest BCUT2D eigenvalue weighted by Crippen LogP contribution is 2.40. The van der Waals surface area contributed by atoms with Crippen LogP contribution in [0.1, 0.15) is 18.9 Å². The summed E-state index contributed by atoms with van der Waals surface area (Å²) in [6, 6.07) is 7.72. The number of hydrogen-bond acceptors (Lipinski definition) is 5. The molecule has 0 aliphatic carbocycles. The summed E-state index contributed by atoms with van der Waals surface area (Å²) < 4.78 is 4.91. The maximum Gasteiger partial charge on any atom is 0.307 e. The fourth-order valence-corrected chi connectivity index (χ4v) is 3.48. The highest BCUT2D eigenvalue weighted by Gasteiger charge is 2.35. The number of esters is 1. The van der Waals surface area contributed by atoms with Crippen molar-refractivity contribution in [3.8, 4) is 6.07 Å². The van der Waals surface area contributed by atoms with Gasteiger partial charge in [-0.25, -0.2) is 0 Å². The monoisotopic (exact) mass is 304 g/mol. The molecule has 1 unspecified atom stereocenters. The van der Waals surface area contributed by atoms with Crippen molar-refractivity contribution in [3.05, 3.63) is 23.8 Å². The number of aryl methyl sites for hydroxylation is 1. The lowest BCUT2D eigenvalue weighted by atomic mass is 10.1. The molecule has 1 aliphatic rings. The van der Waals surface area contributed by atoms with E-state index in [-0.39, 0.29) is 18.9 Å². The van der Waals surface area contributed by atoms with E-state index in [1.54, 1.807) is 6.92 Å². The van der Waals surface area contributed by atoms with Gasteiger partial charge in [-0.3, -0.25) is 14.5 Å². The summed E-state index contributed by atoms with van der Waals surface area (Å²) in [6.07, 6.45) is 0.0205. The molecule has 110 valence electrons. The third kappa shape index (κ3) is 3.37. The molecule has 0 fully saturated rings. The molecule has 5 nitrogen and oxygen atoms in total. The van der Waals surface area contributed by atoms with Crippen molar-refractivity contribution >= 4 is 29.3 Å². The van der Waals surface area contributed by atoms with Crippen LogP contribution in [-0.2, 0) is 14.3 Å². The molecule has 1 aromatic rings. The van der Waals surface area contributed by atoms with Gasteiger partial charge in [0.15, 0.2) is 0 Å². The topological polar surface area (TPSA) is 70.4 Å². The van der Waals surface area contributed by atoms with Crippen LogP contribution in [0.15, 0.2) is 23.1 Å². The Hall–Kier alpha value is -2.00. The zero-order valence-electron chi connectivity index (χ0n) is 12.0. The molecule has 1 aliphatic heterocycles. The van der Waals surface area contributed by atoms with Crippen LogP contribution in [-0.4, -0.2) is 30.3 Å². The van der Waals surface area contributed by atoms with Crippen molar-refractivity contribution in [2.24, 2.45) is 0 Å². The Morgan fingerprint density at radius 3 is 2.95 bits per heavy atom. The van der Waals surface area contributed by atoms with E-state index < -0.39 is 11.2 Å². The Morgan fingerprint density at radius 2 is 2.29 bits per heavy atom. The largest absolute Gasteiger partial charge is 0.466 e. The lowest BCUT2D eigenvalue weighted by molar-refractivity contribution is -0.144. The van der Waals surface area contributed by atoms with Gasteiger partial charge in [0.2, 0.25) is 5.91 Å². The van der Waals surface area contributed by atoms with Crippen LogP contribution in [0.3, 0.4) is 0 Å². The molecule has 1 heterocycles. The Kier molecular flexibility index (Phi) is 4.86. The van der Waals surface area contributed by atoms with E-state index in [9.17, 15) is 9.59 Å². The molecule has 21 heavy (non-hydrogen) atoms. The van der Waals surface area contributed by atoms with Gasteiger partial charge in [0, 0.05) is 4.90 Å². The summed E-state index contributed by atoms with van der Waals surface area (Å²) in [5.41, 5.74) is 1.81. The first-order valence-corrected chi connectivity index (χ1v) is 7.56. The quantitative estimate of drug-likeness (QED) is 0.630. The molecule has 1 amide bonds. The van der Waals surface area contributed by atoms with Gasteiger partial charge in [-0.15, -0.1) is 11.8 Å². The van der Waals surface area contributed by atoms with E-state index in [2.05, 4.69) is 0 Å². The first kappa shape index (κ1) is 15.4. The number of nitriles is 1. The first-order chi connectivity index (χ1) is 10.1. The fraction of sp³-hybridized carbons (Fsp3) is 0.400. The summed E-state index contributed by atoms with van der Waals surface area (Å²) >= 11 is 1.36. The number of fused-ring (bicyclic) bond motifs is 1. The molecule has 1 atom stereocenters. The van der Waals surface area contributed by atoms with Crippen molar-refractivity contribution in [2.75, 3.05) is 18.1 Å². The lowest BCUT2D eigenvalue weighted by Gasteiger charge is -2.32. The highest BCUT2D eigenvalue weighted by molar-refractivity contribution is 8.01. The summed E-state index contributed by atoms with van der Waals surface area (Å²) in [4.78, 5) is 26.4.